The summed E-state index contributed by atoms with van der Waals surface area (Å²) >= 11 is 0. The van der Waals surface area contributed by atoms with Crippen molar-refractivity contribution in [3.8, 4) is 0 Å². The van der Waals surface area contributed by atoms with Gasteiger partial charge in [-0.05, 0) is 6.92 Å². The average Bonchev–Trinajstić information content (AvgIpc) is 1.68. The van der Waals surface area contributed by atoms with Crippen molar-refractivity contribution in [1.82, 2.24) is 0 Å². The zero-order valence-electron chi connectivity index (χ0n) is 5.42. The van der Waals surface area contributed by atoms with E-state index in [0.717, 1.165) is 0 Å². The first-order valence-corrected chi connectivity index (χ1v) is 2.57. The molecule has 2 nitrogen and oxygen atoms in total. The van der Waals surface area contributed by atoms with Crippen molar-refractivity contribution in [1.29, 1.82) is 0 Å². The molecule has 0 amide bonds. The molecule has 3 heteroatoms. The Labute approximate surface area is 61.3 Å². The minimum Gasteiger partial charge on any atom is -0.466 e. The second kappa shape index (κ2) is 7.50. The molecule has 0 radical (unpaired) electrons. The molecule has 9 heavy (non-hydrogen) atoms. The van der Waals surface area contributed by atoms with Gasteiger partial charge in [0.1, 0.15) is 0 Å². The summed E-state index contributed by atoms with van der Waals surface area (Å²) < 4.78 is 4.57. The Bertz CT molecular complexity index is 91.1. The van der Waals surface area contributed by atoms with Crippen LogP contribution in [0.3, 0.4) is 0 Å². The monoisotopic (exact) mass is 150 g/mol. The first-order valence-electron chi connectivity index (χ1n) is 2.57. The summed E-state index contributed by atoms with van der Waals surface area (Å²) in [5.74, 6) is -0.206. The van der Waals surface area contributed by atoms with Crippen LogP contribution >= 0.6 is 12.4 Å². The van der Waals surface area contributed by atoms with E-state index in [4.69, 9.17) is 0 Å². The third-order valence-corrected chi connectivity index (χ3v) is 0.616. The van der Waals surface area contributed by atoms with E-state index in [9.17, 15) is 4.79 Å². The molecular weight excluding hydrogens is 140 g/mol. The third-order valence-electron chi connectivity index (χ3n) is 0.616. The molecule has 0 spiro atoms. The molecule has 0 saturated carbocycles. The van der Waals surface area contributed by atoms with Gasteiger partial charge in [0.2, 0.25) is 0 Å². The molecule has 0 atom stereocenters. The molecular formula is C6H11ClO2. The maximum absolute atomic E-state index is 10.3. The van der Waals surface area contributed by atoms with Crippen LogP contribution in [0.1, 0.15) is 13.3 Å². The molecule has 0 aliphatic heterocycles. The normalized spacial score (nSPS) is 7.22. The van der Waals surface area contributed by atoms with Gasteiger partial charge in [0.25, 0.3) is 0 Å². The lowest BCUT2D eigenvalue weighted by Gasteiger charge is -1.94. The molecule has 0 aromatic heterocycles. The van der Waals surface area contributed by atoms with Crippen molar-refractivity contribution in [3.05, 3.63) is 12.7 Å². The standard InChI is InChI=1S/C6H10O2.ClH/c1-3-5-6(7)8-4-2;/h3H,1,4-5H2,2H3;1H. The Morgan fingerprint density at radius 1 is 1.78 bits per heavy atom. The summed E-state index contributed by atoms with van der Waals surface area (Å²) in [7, 11) is 0. The number of hydrogen-bond acceptors (Lipinski definition) is 2. The van der Waals surface area contributed by atoms with Gasteiger partial charge in [-0.1, -0.05) is 6.08 Å². The number of esters is 1. The van der Waals surface area contributed by atoms with Gasteiger partial charge in [0.05, 0.1) is 13.0 Å². The predicted octanol–water partition coefficient (Wildman–Crippen LogP) is 1.55. The maximum atomic E-state index is 10.3. The van der Waals surface area contributed by atoms with Crippen LogP contribution in [0.4, 0.5) is 0 Å². The zero-order chi connectivity index (χ0) is 6.41. The SMILES string of the molecule is C=CCC(=O)OCC.Cl. The minimum atomic E-state index is -0.206. The number of halogens is 1. The van der Waals surface area contributed by atoms with Crippen LogP contribution in [0.25, 0.3) is 0 Å². The van der Waals surface area contributed by atoms with E-state index in [1.54, 1.807) is 6.92 Å². The third kappa shape index (κ3) is 7.50. The summed E-state index contributed by atoms with van der Waals surface area (Å²) in [4.78, 5) is 10.3. The van der Waals surface area contributed by atoms with Crippen LogP contribution in [0.5, 0.6) is 0 Å². The molecule has 0 rings (SSSR count). The molecule has 0 saturated heterocycles. The van der Waals surface area contributed by atoms with E-state index in [2.05, 4.69) is 11.3 Å². The molecule has 0 heterocycles. The molecule has 0 aliphatic rings. The molecule has 0 aromatic carbocycles. The van der Waals surface area contributed by atoms with Crippen LogP contribution in [0.2, 0.25) is 0 Å². The van der Waals surface area contributed by atoms with Crippen LogP contribution in [-0.4, -0.2) is 12.6 Å². The number of carbonyl (C=O) groups is 1. The largest absolute Gasteiger partial charge is 0.466 e. The Morgan fingerprint density at radius 2 is 2.33 bits per heavy atom. The lowest BCUT2D eigenvalue weighted by Crippen LogP contribution is -2.00. The molecule has 0 unspecified atom stereocenters. The van der Waals surface area contributed by atoms with Gasteiger partial charge in [-0.2, -0.15) is 0 Å². The highest BCUT2D eigenvalue weighted by Gasteiger charge is 1.93. The summed E-state index contributed by atoms with van der Waals surface area (Å²) in [6.45, 7) is 5.61. The zero-order valence-corrected chi connectivity index (χ0v) is 6.24. The van der Waals surface area contributed by atoms with Crippen molar-refractivity contribution in [2.75, 3.05) is 6.61 Å². The molecule has 54 valence electrons. The topological polar surface area (TPSA) is 26.3 Å². The van der Waals surface area contributed by atoms with Gasteiger partial charge >= 0.3 is 5.97 Å². The van der Waals surface area contributed by atoms with Gasteiger partial charge in [-0.25, -0.2) is 0 Å². The Morgan fingerprint density at radius 3 is 2.67 bits per heavy atom. The van der Waals surface area contributed by atoms with Crippen molar-refractivity contribution in [2.24, 2.45) is 0 Å². The van der Waals surface area contributed by atoms with Gasteiger partial charge in [0, 0.05) is 0 Å². The quantitative estimate of drug-likeness (QED) is 0.451. The van der Waals surface area contributed by atoms with Crippen LogP contribution in [0, 0.1) is 0 Å². The first-order chi connectivity index (χ1) is 3.81. The van der Waals surface area contributed by atoms with E-state index in [1.807, 2.05) is 0 Å². The van der Waals surface area contributed by atoms with Crippen molar-refractivity contribution < 1.29 is 9.53 Å². The van der Waals surface area contributed by atoms with Gasteiger partial charge in [0.15, 0.2) is 0 Å². The number of carbonyl (C=O) groups excluding carboxylic acids is 1. The predicted molar refractivity (Wildman–Crippen MR) is 38.7 cm³/mol. The fraction of sp³-hybridized carbons (Fsp3) is 0.500. The summed E-state index contributed by atoms with van der Waals surface area (Å²) in [6.07, 6.45) is 1.84. The number of ether oxygens (including phenoxy) is 1. The fourth-order valence-corrected chi connectivity index (χ4v) is 0.338. The van der Waals surface area contributed by atoms with E-state index in [1.165, 1.54) is 6.08 Å². The van der Waals surface area contributed by atoms with Crippen LogP contribution in [-0.2, 0) is 9.53 Å². The van der Waals surface area contributed by atoms with Gasteiger partial charge in [-0.3, -0.25) is 4.79 Å². The molecule has 0 aliphatic carbocycles. The summed E-state index contributed by atoms with van der Waals surface area (Å²) in [5.41, 5.74) is 0. The highest BCUT2D eigenvalue weighted by atomic mass is 35.5. The Hall–Kier alpha value is -0.500. The smallest absolute Gasteiger partial charge is 0.309 e. The van der Waals surface area contributed by atoms with Gasteiger partial charge < -0.3 is 4.74 Å². The van der Waals surface area contributed by atoms with E-state index < -0.39 is 0 Å². The number of rotatable bonds is 3. The van der Waals surface area contributed by atoms with Gasteiger partial charge in [-0.15, -0.1) is 19.0 Å². The maximum Gasteiger partial charge on any atom is 0.309 e. The van der Waals surface area contributed by atoms with Crippen LogP contribution in [0.15, 0.2) is 12.7 Å². The second-order valence-electron chi connectivity index (χ2n) is 1.30. The minimum absolute atomic E-state index is 0. The van der Waals surface area contributed by atoms with E-state index >= 15 is 0 Å². The molecule has 0 aromatic rings. The van der Waals surface area contributed by atoms with Crippen LogP contribution < -0.4 is 0 Å². The van der Waals surface area contributed by atoms with Crippen molar-refractivity contribution in [3.63, 3.8) is 0 Å². The summed E-state index contributed by atoms with van der Waals surface area (Å²) in [6, 6.07) is 0. The highest BCUT2D eigenvalue weighted by molar-refractivity contribution is 5.85. The molecule has 0 N–H and O–H groups in total. The Balaban J connectivity index is 0. The summed E-state index contributed by atoms with van der Waals surface area (Å²) in [5, 5.41) is 0. The van der Waals surface area contributed by atoms with E-state index in [-0.39, 0.29) is 18.4 Å². The lowest BCUT2D eigenvalue weighted by atomic mass is 10.4. The van der Waals surface area contributed by atoms with E-state index in [0.29, 0.717) is 13.0 Å². The first kappa shape index (κ1) is 11.3. The Kier molecular flexibility index (Phi) is 9.43. The van der Waals surface area contributed by atoms with Crippen molar-refractivity contribution in [2.45, 2.75) is 13.3 Å². The fourth-order valence-electron chi connectivity index (χ4n) is 0.338. The van der Waals surface area contributed by atoms with Crippen molar-refractivity contribution >= 4 is 18.4 Å². The second-order valence-corrected chi connectivity index (χ2v) is 1.30. The molecule has 0 bridgehead atoms. The highest BCUT2D eigenvalue weighted by Crippen LogP contribution is 1.84. The average molecular weight is 151 g/mol. The number of hydrogen-bond donors (Lipinski definition) is 0. The molecule has 0 fully saturated rings. The lowest BCUT2D eigenvalue weighted by molar-refractivity contribution is -0.142.